The molecule has 0 bridgehead atoms. The predicted octanol–water partition coefficient (Wildman–Crippen LogP) is 3.77. The molecule has 1 aliphatic rings. The second-order valence-electron chi connectivity index (χ2n) is 8.11. The second-order valence-corrected chi connectivity index (χ2v) is 8.11. The molecule has 2 aromatic heterocycles. The maximum Gasteiger partial charge on any atom is 0.192 e. The Bertz CT molecular complexity index is 1230. The summed E-state index contributed by atoms with van der Waals surface area (Å²) in [6.07, 6.45) is 10.8. The van der Waals surface area contributed by atoms with E-state index < -0.39 is 5.41 Å². The molecule has 8 heteroatoms. The van der Waals surface area contributed by atoms with Gasteiger partial charge in [-0.2, -0.15) is 10.3 Å². The number of aryl methyl sites for hydroxylation is 1. The van der Waals surface area contributed by atoms with Crippen LogP contribution in [0, 0.1) is 0 Å². The van der Waals surface area contributed by atoms with E-state index >= 15 is 0 Å². The fourth-order valence-corrected chi connectivity index (χ4v) is 4.06. The fraction of sp³-hybridized carbons (Fsp3) is 0.240. The average Bonchev–Trinajstić information content (AvgIpc) is 3.55. The maximum absolute atomic E-state index is 4.88. The summed E-state index contributed by atoms with van der Waals surface area (Å²) in [7, 11) is 0. The lowest BCUT2D eigenvalue weighted by Crippen LogP contribution is -2.28. The molecule has 0 aliphatic carbocycles. The monoisotopic (exact) mass is 438 g/mol. The van der Waals surface area contributed by atoms with E-state index in [2.05, 4.69) is 73.9 Å². The van der Waals surface area contributed by atoms with Gasteiger partial charge in [-0.25, -0.2) is 9.67 Å². The highest BCUT2D eigenvalue weighted by atomic mass is 15.5. The quantitative estimate of drug-likeness (QED) is 0.435. The number of rotatable bonds is 8. The zero-order chi connectivity index (χ0) is 22.5. The maximum atomic E-state index is 4.88. The van der Waals surface area contributed by atoms with E-state index in [4.69, 9.17) is 10.1 Å². The second kappa shape index (κ2) is 9.20. The van der Waals surface area contributed by atoms with E-state index in [1.54, 1.807) is 0 Å². The molecule has 8 nitrogen and oxygen atoms in total. The van der Waals surface area contributed by atoms with Gasteiger partial charge in [0.05, 0.1) is 5.41 Å². The lowest BCUT2D eigenvalue weighted by atomic mass is 9.78. The summed E-state index contributed by atoms with van der Waals surface area (Å²) in [6, 6.07) is 18.7. The standard InChI is InChI=1S/C25H26N8/c1-2-3-17-33-22(27-23(30-33)20-7-5-4-6-8-20)18-19-9-11-21(12-10-19)25(13-15-26-16-14-25)24-28-31-32-29-24/h4-16,26H,2-3,17-18H2,1H3,(H,28,29,31,32). The molecule has 0 amide bonds. The Hall–Kier alpha value is -4.07. The van der Waals surface area contributed by atoms with Crippen LogP contribution in [0.3, 0.4) is 0 Å². The molecule has 3 heterocycles. The number of unbranched alkanes of at least 4 members (excludes halogenated alkanes) is 1. The minimum Gasteiger partial charge on any atom is -0.368 e. The number of aromatic amines is 1. The lowest BCUT2D eigenvalue weighted by Gasteiger charge is -2.26. The van der Waals surface area contributed by atoms with Gasteiger partial charge in [0.15, 0.2) is 11.6 Å². The van der Waals surface area contributed by atoms with Crippen LogP contribution in [0.1, 0.15) is 42.5 Å². The van der Waals surface area contributed by atoms with Gasteiger partial charge in [0.2, 0.25) is 0 Å². The Morgan fingerprint density at radius 3 is 2.45 bits per heavy atom. The van der Waals surface area contributed by atoms with Crippen molar-refractivity contribution in [2.75, 3.05) is 0 Å². The molecule has 1 aliphatic heterocycles. The fourth-order valence-electron chi connectivity index (χ4n) is 4.06. The molecule has 33 heavy (non-hydrogen) atoms. The summed E-state index contributed by atoms with van der Waals surface area (Å²) in [5, 5.41) is 22.7. The van der Waals surface area contributed by atoms with Crippen LogP contribution in [0.4, 0.5) is 0 Å². The molecular weight excluding hydrogens is 412 g/mol. The molecule has 0 saturated carbocycles. The Balaban J connectivity index is 1.43. The van der Waals surface area contributed by atoms with Gasteiger partial charge in [0.25, 0.3) is 0 Å². The summed E-state index contributed by atoms with van der Waals surface area (Å²) in [4.78, 5) is 4.88. The molecule has 0 spiro atoms. The molecule has 0 radical (unpaired) electrons. The largest absolute Gasteiger partial charge is 0.368 e. The van der Waals surface area contributed by atoms with E-state index in [-0.39, 0.29) is 0 Å². The number of tetrazole rings is 1. The van der Waals surface area contributed by atoms with Gasteiger partial charge in [0, 0.05) is 18.5 Å². The highest BCUT2D eigenvalue weighted by molar-refractivity contribution is 5.54. The summed E-state index contributed by atoms with van der Waals surface area (Å²) in [5.41, 5.74) is 2.72. The number of allylic oxidation sites excluding steroid dienone is 2. The first kappa shape index (κ1) is 20.8. The molecular formula is C25H26N8. The molecule has 0 fully saturated rings. The van der Waals surface area contributed by atoms with Crippen LogP contribution >= 0.6 is 0 Å². The van der Waals surface area contributed by atoms with Crippen LogP contribution in [0.5, 0.6) is 0 Å². The third-order valence-corrected chi connectivity index (χ3v) is 5.90. The number of dihydropyridines is 1. The number of H-pyrrole nitrogens is 1. The Labute approximate surface area is 192 Å². The first-order chi connectivity index (χ1) is 16.3. The smallest absolute Gasteiger partial charge is 0.192 e. The van der Waals surface area contributed by atoms with Crippen LogP contribution in [0.2, 0.25) is 0 Å². The van der Waals surface area contributed by atoms with Crippen molar-refractivity contribution in [3.8, 4) is 11.4 Å². The SMILES string of the molecule is CCCCn1nc(-c2ccccc2)nc1Cc1ccc(C2(c3nn[nH]n3)C=CNC=C2)cc1. The minimum absolute atomic E-state index is 0.557. The Morgan fingerprint density at radius 2 is 1.76 bits per heavy atom. The van der Waals surface area contributed by atoms with Crippen LogP contribution in [-0.2, 0) is 18.4 Å². The number of nitrogens with zero attached hydrogens (tertiary/aromatic N) is 6. The highest BCUT2D eigenvalue weighted by Gasteiger charge is 2.34. The lowest BCUT2D eigenvalue weighted by molar-refractivity contribution is 0.550. The third kappa shape index (κ3) is 4.19. The molecule has 0 saturated heterocycles. The highest BCUT2D eigenvalue weighted by Crippen LogP contribution is 2.34. The molecule has 0 atom stereocenters. The van der Waals surface area contributed by atoms with Crippen molar-refractivity contribution < 1.29 is 0 Å². The van der Waals surface area contributed by atoms with Crippen molar-refractivity contribution in [2.45, 2.75) is 38.1 Å². The van der Waals surface area contributed by atoms with E-state index in [9.17, 15) is 0 Å². The van der Waals surface area contributed by atoms with Crippen molar-refractivity contribution in [1.82, 2.24) is 40.7 Å². The van der Waals surface area contributed by atoms with Gasteiger partial charge in [0.1, 0.15) is 5.82 Å². The molecule has 0 unspecified atom stereocenters. The Kier molecular flexibility index (Phi) is 5.80. The van der Waals surface area contributed by atoms with Crippen LogP contribution in [0.15, 0.2) is 79.1 Å². The number of benzene rings is 2. The zero-order valence-corrected chi connectivity index (χ0v) is 18.5. The van der Waals surface area contributed by atoms with Crippen LogP contribution < -0.4 is 5.32 Å². The summed E-state index contributed by atoms with van der Waals surface area (Å²) >= 11 is 0. The van der Waals surface area contributed by atoms with Crippen molar-refractivity contribution in [1.29, 1.82) is 0 Å². The summed E-state index contributed by atoms with van der Waals surface area (Å²) < 4.78 is 2.05. The number of hydrogen-bond acceptors (Lipinski definition) is 6. The number of aromatic nitrogens is 7. The first-order valence-electron chi connectivity index (χ1n) is 11.2. The minimum atomic E-state index is -0.557. The van der Waals surface area contributed by atoms with E-state index in [0.717, 1.165) is 42.2 Å². The van der Waals surface area contributed by atoms with Crippen LogP contribution in [-0.4, -0.2) is 35.4 Å². The third-order valence-electron chi connectivity index (χ3n) is 5.90. The number of hydrogen-bond donors (Lipinski definition) is 2. The van der Waals surface area contributed by atoms with Gasteiger partial charge in [-0.15, -0.1) is 10.2 Å². The first-order valence-corrected chi connectivity index (χ1v) is 11.2. The van der Waals surface area contributed by atoms with E-state index in [1.165, 1.54) is 5.56 Å². The van der Waals surface area contributed by atoms with Gasteiger partial charge in [-0.3, -0.25) is 0 Å². The van der Waals surface area contributed by atoms with E-state index in [1.807, 2.05) is 42.8 Å². The van der Waals surface area contributed by atoms with Crippen LogP contribution in [0.25, 0.3) is 11.4 Å². The normalized spacial score (nSPS) is 14.3. The van der Waals surface area contributed by atoms with Gasteiger partial charge >= 0.3 is 0 Å². The number of nitrogens with one attached hydrogen (secondary N) is 2. The molecule has 2 aromatic carbocycles. The van der Waals surface area contributed by atoms with Crippen molar-refractivity contribution in [3.05, 3.63) is 102 Å². The zero-order valence-electron chi connectivity index (χ0n) is 18.5. The summed E-state index contributed by atoms with van der Waals surface area (Å²) in [6.45, 7) is 3.06. The van der Waals surface area contributed by atoms with Crippen molar-refractivity contribution >= 4 is 0 Å². The van der Waals surface area contributed by atoms with Crippen molar-refractivity contribution in [2.24, 2.45) is 0 Å². The topological polar surface area (TPSA) is 97.2 Å². The molecule has 166 valence electrons. The predicted molar refractivity (Wildman–Crippen MR) is 126 cm³/mol. The summed E-state index contributed by atoms with van der Waals surface area (Å²) in [5.74, 6) is 2.36. The van der Waals surface area contributed by atoms with Crippen molar-refractivity contribution in [3.63, 3.8) is 0 Å². The van der Waals surface area contributed by atoms with Gasteiger partial charge in [-0.1, -0.05) is 73.2 Å². The Morgan fingerprint density at radius 1 is 0.970 bits per heavy atom. The average molecular weight is 439 g/mol. The molecule has 5 rings (SSSR count). The molecule has 2 N–H and O–H groups in total. The molecule has 4 aromatic rings. The van der Waals surface area contributed by atoms with E-state index in [0.29, 0.717) is 12.2 Å². The van der Waals surface area contributed by atoms with Gasteiger partial charge < -0.3 is 5.32 Å². The van der Waals surface area contributed by atoms with Gasteiger partial charge in [-0.05, 0) is 42.1 Å².